The van der Waals surface area contributed by atoms with Crippen LogP contribution in [0.1, 0.15) is 39.2 Å². The van der Waals surface area contributed by atoms with Gasteiger partial charge in [-0.1, -0.05) is 23.7 Å². The lowest BCUT2D eigenvalue weighted by molar-refractivity contribution is 0.00578. The number of rotatable bonds is 2. The van der Waals surface area contributed by atoms with Crippen LogP contribution in [0.5, 0.6) is 0 Å². The summed E-state index contributed by atoms with van der Waals surface area (Å²) in [6.45, 7) is 10.3. The topological polar surface area (TPSA) is 30.5 Å². The Labute approximate surface area is 138 Å². The minimum Gasteiger partial charge on any atom is -0.399 e. The molecule has 2 fully saturated rings. The summed E-state index contributed by atoms with van der Waals surface area (Å²) >= 11 is 6.44. The van der Waals surface area contributed by atoms with Crippen molar-refractivity contribution in [3.8, 4) is 0 Å². The zero-order chi connectivity index (χ0) is 14.5. The maximum atomic E-state index is 6.44. The van der Waals surface area contributed by atoms with E-state index in [2.05, 4.69) is 39.1 Å². The fourth-order valence-electron chi connectivity index (χ4n) is 2.48. The smallest absolute Gasteiger partial charge is 0.399 e. The first kappa shape index (κ1) is 17.1. The van der Waals surface area contributed by atoms with Crippen LogP contribution in [-0.2, 0) is 9.31 Å². The highest BCUT2D eigenvalue weighted by Gasteiger charge is 2.52. The number of halogens is 2. The van der Waals surface area contributed by atoms with Crippen molar-refractivity contribution >= 4 is 36.6 Å². The van der Waals surface area contributed by atoms with E-state index in [9.17, 15) is 0 Å². The quantitative estimate of drug-likeness (QED) is 0.846. The van der Waals surface area contributed by atoms with E-state index in [1.165, 1.54) is 5.56 Å². The standard InChI is InChI=1S/C15H21BClNO2.ClH/c1-14(2)15(3,4)20-16(19-14)12-6-5-10(7-13(12)17)11-8-18-9-11;/h5-7,11,18H,8-9H2,1-4H3;1H. The summed E-state index contributed by atoms with van der Waals surface area (Å²) < 4.78 is 12.1. The molecule has 0 saturated carbocycles. The van der Waals surface area contributed by atoms with E-state index < -0.39 is 0 Å². The van der Waals surface area contributed by atoms with Crippen LogP contribution in [0, 0.1) is 0 Å². The first-order valence-corrected chi connectivity index (χ1v) is 7.54. The van der Waals surface area contributed by atoms with E-state index in [0.29, 0.717) is 5.92 Å². The third-order valence-corrected chi connectivity index (χ3v) is 5.11. The van der Waals surface area contributed by atoms with Crippen LogP contribution >= 0.6 is 24.0 Å². The lowest BCUT2D eigenvalue weighted by Crippen LogP contribution is -2.41. The molecule has 2 heterocycles. The first-order chi connectivity index (χ1) is 9.30. The Kier molecular flexibility index (Phi) is 4.68. The Bertz CT molecular complexity index is 516. The van der Waals surface area contributed by atoms with Crippen molar-refractivity contribution in [3.63, 3.8) is 0 Å². The van der Waals surface area contributed by atoms with Gasteiger partial charge in [-0.3, -0.25) is 0 Å². The predicted molar refractivity (Wildman–Crippen MR) is 90.0 cm³/mol. The molecule has 1 N–H and O–H groups in total. The largest absolute Gasteiger partial charge is 0.496 e. The molecule has 0 atom stereocenters. The van der Waals surface area contributed by atoms with E-state index in [1.807, 2.05) is 12.1 Å². The summed E-state index contributed by atoms with van der Waals surface area (Å²) in [7, 11) is -0.388. The Morgan fingerprint density at radius 3 is 2.14 bits per heavy atom. The van der Waals surface area contributed by atoms with Gasteiger partial charge in [0.25, 0.3) is 0 Å². The van der Waals surface area contributed by atoms with E-state index >= 15 is 0 Å². The fourth-order valence-corrected chi connectivity index (χ4v) is 2.76. The summed E-state index contributed by atoms with van der Waals surface area (Å²) in [5, 5.41) is 4.01. The van der Waals surface area contributed by atoms with Gasteiger partial charge in [0.15, 0.2) is 0 Å². The Morgan fingerprint density at radius 2 is 1.71 bits per heavy atom. The molecular weight excluding hydrogens is 308 g/mol. The maximum absolute atomic E-state index is 6.44. The van der Waals surface area contributed by atoms with Crippen molar-refractivity contribution in [1.29, 1.82) is 0 Å². The van der Waals surface area contributed by atoms with Gasteiger partial charge in [0.05, 0.1) is 11.2 Å². The zero-order valence-electron chi connectivity index (χ0n) is 12.9. The van der Waals surface area contributed by atoms with Crippen molar-refractivity contribution in [2.75, 3.05) is 13.1 Å². The van der Waals surface area contributed by atoms with Crippen LogP contribution in [0.15, 0.2) is 18.2 Å². The molecule has 2 aliphatic rings. The molecule has 6 heteroatoms. The Morgan fingerprint density at radius 1 is 1.14 bits per heavy atom. The molecule has 21 heavy (non-hydrogen) atoms. The molecule has 0 unspecified atom stereocenters. The summed E-state index contributed by atoms with van der Waals surface area (Å²) in [4.78, 5) is 0. The predicted octanol–water partition coefficient (Wildman–Crippen LogP) is 2.75. The fraction of sp³-hybridized carbons (Fsp3) is 0.600. The summed E-state index contributed by atoms with van der Waals surface area (Å²) in [5.41, 5.74) is 1.53. The van der Waals surface area contributed by atoms with Crippen molar-refractivity contribution in [2.45, 2.75) is 44.8 Å². The van der Waals surface area contributed by atoms with Gasteiger partial charge in [0, 0.05) is 29.5 Å². The van der Waals surface area contributed by atoms with Gasteiger partial charge in [0.1, 0.15) is 0 Å². The van der Waals surface area contributed by atoms with Gasteiger partial charge in [0.2, 0.25) is 0 Å². The molecule has 0 aromatic heterocycles. The third-order valence-electron chi connectivity index (χ3n) is 4.78. The van der Waals surface area contributed by atoms with Gasteiger partial charge in [-0.15, -0.1) is 12.4 Å². The van der Waals surface area contributed by atoms with Crippen LogP contribution in [0.2, 0.25) is 5.02 Å². The second-order valence-corrected chi connectivity index (χ2v) is 7.13. The molecule has 1 aromatic carbocycles. The average molecular weight is 330 g/mol. The molecule has 0 bridgehead atoms. The number of nitrogens with one attached hydrogen (secondary N) is 1. The van der Waals surface area contributed by atoms with E-state index in [0.717, 1.165) is 23.6 Å². The molecular formula is C15H22BCl2NO2. The number of benzene rings is 1. The molecule has 2 aliphatic heterocycles. The van der Waals surface area contributed by atoms with E-state index in [1.54, 1.807) is 0 Å². The lowest BCUT2D eigenvalue weighted by atomic mass is 9.77. The highest BCUT2D eigenvalue weighted by molar-refractivity contribution is 6.65. The van der Waals surface area contributed by atoms with Crippen LogP contribution < -0.4 is 10.8 Å². The van der Waals surface area contributed by atoms with Crippen molar-refractivity contribution in [3.05, 3.63) is 28.8 Å². The van der Waals surface area contributed by atoms with Gasteiger partial charge in [-0.2, -0.15) is 0 Å². The average Bonchev–Trinajstić information content (AvgIpc) is 2.45. The Hall–Kier alpha value is -0.255. The molecule has 0 spiro atoms. The molecule has 1 aromatic rings. The molecule has 2 saturated heterocycles. The minimum absolute atomic E-state index is 0. The van der Waals surface area contributed by atoms with Crippen LogP contribution in [0.4, 0.5) is 0 Å². The summed E-state index contributed by atoms with van der Waals surface area (Å²) in [6.07, 6.45) is 0. The first-order valence-electron chi connectivity index (χ1n) is 7.16. The number of hydrogen-bond donors (Lipinski definition) is 1. The molecule has 0 radical (unpaired) electrons. The normalized spacial score (nSPS) is 23.6. The van der Waals surface area contributed by atoms with Crippen molar-refractivity contribution in [2.24, 2.45) is 0 Å². The lowest BCUT2D eigenvalue weighted by Gasteiger charge is -2.32. The number of hydrogen-bond acceptors (Lipinski definition) is 3. The van der Waals surface area contributed by atoms with Crippen LogP contribution in [0.25, 0.3) is 0 Å². The SMILES string of the molecule is CC1(C)OB(c2ccc(C3CNC3)cc2Cl)OC1(C)C.Cl. The second-order valence-electron chi connectivity index (χ2n) is 6.72. The summed E-state index contributed by atoms with van der Waals surface area (Å²) in [5.74, 6) is 0.583. The van der Waals surface area contributed by atoms with Crippen LogP contribution in [-0.4, -0.2) is 31.4 Å². The highest BCUT2D eigenvalue weighted by Crippen LogP contribution is 2.37. The highest BCUT2D eigenvalue weighted by atomic mass is 35.5. The molecule has 3 rings (SSSR count). The van der Waals surface area contributed by atoms with Crippen molar-refractivity contribution < 1.29 is 9.31 Å². The van der Waals surface area contributed by atoms with Crippen LogP contribution in [0.3, 0.4) is 0 Å². The van der Waals surface area contributed by atoms with Gasteiger partial charge < -0.3 is 14.6 Å². The van der Waals surface area contributed by atoms with Gasteiger partial charge >= 0.3 is 7.12 Å². The summed E-state index contributed by atoms with van der Waals surface area (Å²) in [6, 6.07) is 6.23. The van der Waals surface area contributed by atoms with E-state index in [4.69, 9.17) is 20.9 Å². The zero-order valence-corrected chi connectivity index (χ0v) is 14.5. The third kappa shape index (κ3) is 2.97. The Balaban J connectivity index is 0.00000161. The maximum Gasteiger partial charge on any atom is 0.496 e. The molecule has 0 amide bonds. The van der Waals surface area contributed by atoms with Crippen molar-refractivity contribution in [1.82, 2.24) is 5.32 Å². The molecule has 3 nitrogen and oxygen atoms in total. The van der Waals surface area contributed by atoms with E-state index in [-0.39, 0.29) is 30.7 Å². The minimum atomic E-state index is -0.388. The van der Waals surface area contributed by atoms with Gasteiger partial charge in [-0.25, -0.2) is 0 Å². The molecule has 0 aliphatic carbocycles. The van der Waals surface area contributed by atoms with Gasteiger partial charge in [-0.05, 0) is 39.3 Å². The molecule has 116 valence electrons. The second kappa shape index (κ2) is 5.75. The monoisotopic (exact) mass is 329 g/mol.